The third-order valence-electron chi connectivity index (χ3n) is 2.46. The quantitative estimate of drug-likeness (QED) is 0.849. The molecule has 2 rings (SSSR count). The lowest BCUT2D eigenvalue weighted by Crippen LogP contribution is -2.21. The van der Waals surface area contributed by atoms with E-state index in [9.17, 15) is 0 Å². The van der Waals surface area contributed by atoms with Gasteiger partial charge in [0, 0.05) is 15.2 Å². The summed E-state index contributed by atoms with van der Waals surface area (Å²) in [5.41, 5.74) is 1.13. The van der Waals surface area contributed by atoms with Crippen molar-refractivity contribution >= 4 is 22.6 Å². The molecule has 0 radical (unpaired) electrons. The van der Waals surface area contributed by atoms with Crippen LogP contribution in [0.5, 0.6) is 0 Å². The van der Waals surface area contributed by atoms with Crippen LogP contribution < -0.4 is 5.32 Å². The highest BCUT2D eigenvalue weighted by atomic mass is 127. The molecule has 0 aliphatic heterocycles. The Bertz CT molecular complexity index is 490. The summed E-state index contributed by atoms with van der Waals surface area (Å²) in [5.74, 6) is 1.91. The van der Waals surface area contributed by atoms with Gasteiger partial charge in [0.1, 0.15) is 11.5 Å². The second-order valence-electron chi connectivity index (χ2n) is 4.31. The van der Waals surface area contributed by atoms with E-state index in [2.05, 4.69) is 60.0 Å². The SMILES string of the molecule is CC(C)NCc1ccc(-c2cccc(I)c2)o1. The fourth-order valence-electron chi connectivity index (χ4n) is 1.57. The number of rotatable bonds is 4. The van der Waals surface area contributed by atoms with Gasteiger partial charge in [0.25, 0.3) is 0 Å². The fourth-order valence-corrected chi connectivity index (χ4v) is 2.12. The largest absolute Gasteiger partial charge is 0.460 e. The molecule has 90 valence electrons. The van der Waals surface area contributed by atoms with Crippen molar-refractivity contribution in [3.8, 4) is 11.3 Å². The molecule has 1 aromatic heterocycles. The summed E-state index contributed by atoms with van der Waals surface area (Å²) in [6.07, 6.45) is 0. The Kier molecular flexibility index (Phi) is 4.23. The molecule has 0 saturated heterocycles. The molecule has 17 heavy (non-hydrogen) atoms. The molecule has 1 aromatic carbocycles. The predicted octanol–water partition coefficient (Wildman–Crippen LogP) is 4.05. The number of benzene rings is 1. The molecule has 0 spiro atoms. The smallest absolute Gasteiger partial charge is 0.134 e. The highest BCUT2D eigenvalue weighted by Crippen LogP contribution is 2.23. The molecule has 1 N–H and O–H groups in total. The molecule has 0 atom stereocenters. The van der Waals surface area contributed by atoms with Crippen molar-refractivity contribution < 1.29 is 4.42 Å². The third-order valence-corrected chi connectivity index (χ3v) is 3.13. The van der Waals surface area contributed by atoms with E-state index in [1.54, 1.807) is 0 Å². The van der Waals surface area contributed by atoms with Crippen molar-refractivity contribution in [2.24, 2.45) is 0 Å². The Labute approximate surface area is 116 Å². The van der Waals surface area contributed by atoms with Gasteiger partial charge in [-0.15, -0.1) is 0 Å². The minimum atomic E-state index is 0.473. The van der Waals surface area contributed by atoms with E-state index in [1.807, 2.05) is 18.2 Å². The molecule has 2 nitrogen and oxygen atoms in total. The zero-order chi connectivity index (χ0) is 12.3. The number of nitrogens with one attached hydrogen (secondary N) is 1. The Hall–Kier alpha value is -0.810. The first kappa shape index (κ1) is 12.6. The minimum Gasteiger partial charge on any atom is -0.460 e. The summed E-state index contributed by atoms with van der Waals surface area (Å²) in [6.45, 7) is 5.04. The van der Waals surface area contributed by atoms with E-state index in [-0.39, 0.29) is 0 Å². The molecule has 0 aliphatic rings. The van der Waals surface area contributed by atoms with Gasteiger partial charge in [-0.05, 0) is 46.9 Å². The van der Waals surface area contributed by atoms with Gasteiger partial charge in [-0.2, -0.15) is 0 Å². The van der Waals surface area contributed by atoms with Crippen LogP contribution in [0.1, 0.15) is 19.6 Å². The average Bonchev–Trinajstić information content (AvgIpc) is 2.75. The molecule has 1 heterocycles. The Morgan fingerprint density at radius 1 is 1.24 bits per heavy atom. The summed E-state index contributed by atoms with van der Waals surface area (Å²) in [5, 5.41) is 3.34. The Morgan fingerprint density at radius 3 is 2.76 bits per heavy atom. The molecule has 0 fully saturated rings. The van der Waals surface area contributed by atoms with Crippen LogP contribution in [0.15, 0.2) is 40.8 Å². The summed E-state index contributed by atoms with van der Waals surface area (Å²) in [6, 6.07) is 12.9. The summed E-state index contributed by atoms with van der Waals surface area (Å²) in [7, 11) is 0. The topological polar surface area (TPSA) is 25.2 Å². The molecule has 0 bridgehead atoms. The molecule has 0 amide bonds. The lowest BCUT2D eigenvalue weighted by molar-refractivity contribution is 0.473. The molecule has 2 aromatic rings. The van der Waals surface area contributed by atoms with Crippen LogP contribution in [0.4, 0.5) is 0 Å². The summed E-state index contributed by atoms with van der Waals surface area (Å²) in [4.78, 5) is 0. The maximum absolute atomic E-state index is 5.81. The standard InChI is InChI=1S/C14H16INO/c1-10(2)16-9-13-6-7-14(17-13)11-4-3-5-12(15)8-11/h3-8,10,16H,9H2,1-2H3. The number of halogens is 1. The molecular formula is C14H16INO. The van der Waals surface area contributed by atoms with Crippen LogP contribution >= 0.6 is 22.6 Å². The van der Waals surface area contributed by atoms with E-state index < -0.39 is 0 Å². The van der Waals surface area contributed by atoms with Crippen molar-refractivity contribution in [2.75, 3.05) is 0 Å². The van der Waals surface area contributed by atoms with E-state index in [4.69, 9.17) is 4.42 Å². The highest BCUT2D eigenvalue weighted by molar-refractivity contribution is 14.1. The van der Waals surface area contributed by atoms with Gasteiger partial charge in [0.15, 0.2) is 0 Å². The molecule has 3 heteroatoms. The van der Waals surface area contributed by atoms with E-state index >= 15 is 0 Å². The molecule has 0 unspecified atom stereocenters. The van der Waals surface area contributed by atoms with Crippen molar-refractivity contribution in [3.63, 3.8) is 0 Å². The van der Waals surface area contributed by atoms with Gasteiger partial charge in [-0.25, -0.2) is 0 Å². The lowest BCUT2D eigenvalue weighted by Gasteiger charge is -2.05. The average molecular weight is 341 g/mol. The van der Waals surface area contributed by atoms with Crippen molar-refractivity contribution in [3.05, 3.63) is 45.7 Å². The van der Waals surface area contributed by atoms with Crippen molar-refractivity contribution in [2.45, 2.75) is 26.4 Å². The van der Waals surface area contributed by atoms with Gasteiger partial charge in [0.05, 0.1) is 6.54 Å². The van der Waals surface area contributed by atoms with Crippen molar-refractivity contribution in [1.82, 2.24) is 5.32 Å². The van der Waals surface area contributed by atoms with E-state index in [0.29, 0.717) is 6.04 Å². The highest BCUT2D eigenvalue weighted by Gasteiger charge is 2.05. The van der Waals surface area contributed by atoms with Gasteiger partial charge in [-0.1, -0.05) is 26.0 Å². The third kappa shape index (κ3) is 3.57. The number of hydrogen-bond donors (Lipinski definition) is 1. The van der Waals surface area contributed by atoms with Gasteiger partial charge in [0.2, 0.25) is 0 Å². The van der Waals surface area contributed by atoms with E-state index in [1.165, 1.54) is 3.57 Å². The molecule has 0 aliphatic carbocycles. The zero-order valence-electron chi connectivity index (χ0n) is 10.0. The van der Waals surface area contributed by atoms with E-state index in [0.717, 1.165) is 23.6 Å². The van der Waals surface area contributed by atoms with Crippen LogP contribution in [0.25, 0.3) is 11.3 Å². The van der Waals surface area contributed by atoms with Crippen LogP contribution in [0, 0.1) is 3.57 Å². The second-order valence-corrected chi connectivity index (χ2v) is 5.56. The summed E-state index contributed by atoms with van der Waals surface area (Å²) >= 11 is 2.31. The van der Waals surface area contributed by atoms with Crippen molar-refractivity contribution in [1.29, 1.82) is 0 Å². The van der Waals surface area contributed by atoms with Gasteiger partial charge in [-0.3, -0.25) is 0 Å². The van der Waals surface area contributed by atoms with Crippen LogP contribution in [-0.4, -0.2) is 6.04 Å². The van der Waals surface area contributed by atoms with Crippen LogP contribution in [0.2, 0.25) is 0 Å². The zero-order valence-corrected chi connectivity index (χ0v) is 12.2. The van der Waals surface area contributed by atoms with Gasteiger partial charge >= 0.3 is 0 Å². The van der Waals surface area contributed by atoms with Crippen LogP contribution in [0.3, 0.4) is 0 Å². The minimum absolute atomic E-state index is 0.473. The Balaban J connectivity index is 2.12. The normalized spacial score (nSPS) is 11.1. The molecular weight excluding hydrogens is 325 g/mol. The van der Waals surface area contributed by atoms with Gasteiger partial charge < -0.3 is 9.73 Å². The maximum Gasteiger partial charge on any atom is 0.134 e. The monoisotopic (exact) mass is 341 g/mol. The van der Waals surface area contributed by atoms with Crippen LogP contribution in [-0.2, 0) is 6.54 Å². The molecule has 0 saturated carbocycles. The summed E-state index contributed by atoms with van der Waals surface area (Å²) < 4.78 is 7.03. The maximum atomic E-state index is 5.81. The first-order valence-electron chi connectivity index (χ1n) is 5.73. The fraction of sp³-hybridized carbons (Fsp3) is 0.286. The predicted molar refractivity (Wildman–Crippen MR) is 78.8 cm³/mol. The first-order chi connectivity index (χ1) is 8.15. The lowest BCUT2D eigenvalue weighted by atomic mass is 10.2. The number of furan rings is 1. The Morgan fingerprint density at radius 2 is 2.06 bits per heavy atom. The number of hydrogen-bond acceptors (Lipinski definition) is 2. The second kappa shape index (κ2) is 5.69. The first-order valence-corrected chi connectivity index (χ1v) is 6.81.